The lowest BCUT2D eigenvalue weighted by molar-refractivity contribution is 0.0241. The van der Waals surface area contributed by atoms with Crippen LogP contribution in [0, 0.1) is 6.92 Å². The molecule has 0 radical (unpaired) electrons. The van der Waals surface area contributed by atoms with Crippen LogP contribution in [0.25, 0.3) is 21.7 Å². The van der Waals surface area contributed by atoms with Crippen molar-refractivity contribution in [3.63, 3.8) is 0 Å². The number of aromatic nitrogens is 2. The van der Waals surface area contributed by atoms with Crippen molar-refractivity contribution in [2.75, 3.05) is 0 Å². The van der Waals surface area contributed by atoms with Crippen molar-refractivity contribution in [2.24, 2.45) is 0 Å². The minimum absolute atomic E-state index is 0.0808. The summed E-state index contributed by atoms with van der Waals surface area (Å²) in [7, 11) is 0. The fourth-order valence-electron chi connectivity index (χ4n) is 3.87. The number of carbonyl (C=O) groups is 3. The van der Waals surface area contributed by atoms with Crippen LogP contribution in [-0.2, 0) is 16.0 Å². The van der Waals surface area contributed by atoms with Crippen LogP contribution in [0.4, 0.5) is 9.59 Å². The van der Waals surface area contributed by atoms with Crippen molar-refractivity contribution in [3.8, 4) is 0 Å². The summed E-state index contributed by atoms with van der Waals surface area (Å²) < 4.78 is 12.5. The summed E-state index contributed by atoms with van der Waals surface area (Å²) in [5.41, 5.74) is 0.581. The van der Waals surface area contributed by atoms with Crippen molar-refractivity contribution in [1.29, 1.82) is 0 Å². The minimum Gasteiger partial charge on any atom is -0.443 e. The summed E-state index contributed by atoms with van der Waals surface area (Å²) in [4.78, 5) is 44.7. The van der Waals surface area contributed by atoms with E-state index in [0.717, 1.165) is 21.4 Å². The first kappa shape index (κ1) is 21.8. The topological polar surface area (TPSA) is 90.7 Å². The van der Waals surface area contributed by atoms with Crippen molar-refractivity contribution in [1.82, 2.24) is 14.5 Å². The minimum atomic E-state index is -0.756. The number of benzene rings is 1. The number of ether oxygens (including phenoxy) is 2. The van der Waals surface area contributed by atoms with Crippen LogP contribution in [0.1, 0.15) is 63.3 Å². The molecular weight excluding hydrogens is 410 g/mol. The van der Waals surface area contributed by atoms with E-state index in [1.165, 1.54) is 4.57 Å². The standard InChI is InChI=1S/C24H27N3O5/c1-13-10-16-14(11-25-13)8-9-15-18-17(27(19(15)16)22(30)32-24(5,6)7)12-26(20(18)28)21(29)31-23(2,3)4/h8-11H,12H2,1-7H3. The number of carbonyl (C=O) groups excluding carboxylic acids is 3. The van der Waals surface area contributed by atoms with Gasteiger partial charge in [0.2, 0.25) is 0 Å². The molecule has 0 aliphatic carbocycles. The van der Waals surface area contributed by atoms with Crippen LogP contribution in [0.15, 0.2) is 24.4 Å². The van der Waals surface area contributed by atoms with Crippen LogP contribution in [0.5, 0.6) is 0 Å². The number of imide groups is 1. The first-order chi connectivity index (χ1) is 14.8. The lowest BCUT2D eigenvalue weighted by atomic mass is 10.1. The molecule has 0 fully saturated rings. The van der Waals surface area contributed by atoms with Gasteiger partial charge in [-0.25, -0.2) is 19.1 Å². The molecule has 1 aromatic carbocycles. The third-order valence-corrected chi connectivity index (χ3v) is 5.02. The monoisotopic (exact) mass is 437 g/mol. The average Bonchev–Trinajstić information content (AvgIpc) is 3.13. The fraction of sp³-hybridized carbons (Fsp3) is 0.417. The Morgan fingerprint density at radius 1 is 0.969 bits per heavy atom. The second-order valence-electron chi connectivity index (χ2n) is 10.0. The zero-order chi connectivity index (χ0) is 23.6. The van der Waals surface area contributed by atoms with Crippen molar-refractivity contribution >= 4 is 39.8 Å². The van der Waals surface area contributed by atoms with E-state index >= 15 is 0 Å². The van der Waals surface area contributed by atoms with E-state index < -0.39 is 29.3 Å². The van der Waals surface area contributed by atoms with Gasteiger partial charge in [0.1, 0.15) is 11.2 Å². The molecule has 3 heterocycles. The highest BCUT2D eigenvalue weighted by molar-refractivity contribution is 6.21. The van der Waals surface area contributed by atoms with E-state index in [9.17, 15) is 14.4 Å². The zero-order valence-electron chi connectivity index (χ0n) is 19.4. The van der Waals surface area contributed by atoms with E-state index in [2.05, 4.69) is 4.98 Å². The molecule has 0 spiro atoms. The van der Waals surface area contributed by atoms with E-state index in [0.29, 0.717) is 22.2 Å². The maximum absolute atomic E-state index is 13.3. The van der Waals surface area contributed by atoms with Gasteiger partial charge < -0.3 is 9.47 Å². The van der Waals surface area contributed by atoms with E-state index in [4.69, 9.17) is 9.47 Å². The molecule has 0 N–H and O–H groups in total. The third kappa shape index (κ3) is 3.70. The molecule has 2 aromatic heterocycles. The van der Waals surface area contributed by atoms with E-state index in [-0.39, 0.29) is 6.54 Å². The van der Waals surface area contributed by atoms with Gasteiger partial charge in [-0.1, -0.05) is 12.1 Å². The smallest absolute Gasteiger partial charge is 0.419 e. The Morgan fingerprint density at radius 3 is 2.22 bits per heavy atom. The number of fused-ring (bicyclic) bond motifs is 5. The van der Waals surface area contributed by atoms with Crippen LogP contribution in [-0.4, -0.2) is 43.7 Å². The van der Waals surface area contributed by atoms with Gasteiger partial charge in [-0.15, -0.1) is 0 Å². The molecule has 2 amide bonds. The number of hydrogen-bond acceptors (Lipinski definition) is 6. The molecule has 32 heavy (non-hydrogen) atoms. The van der Waals surface area contributed by atoms with E-state index in [1.54, 1.807) is 53.8 Å². The first-order valence-electron chi connectivity index (χ1n) is 10.5. The molecular formula is C24H27N3O5. The largest absolute Gasteiger partial charge is 0.443 e. The number of pyridine rings is 1. The lowest BCUT2D eigenvalue weighted by Gasteiger charge is -2.24. The van der Waals surface area contributed by atoms with Crippen molar-refractivity contribution in [3.05, 3.63) is 41.3 Å². The van der Waals surface area contributed by atoms with Crippen LogP contribution in [0.2, 0.25) is 0 Å². The highest BCUT2D eigenvalue weighted by Crippen LogP contribution is 2.38. The Balaban J connectivity index is 1.95. The first-order valence-corrected chi connectivity index (χ1v) is 10.5. The predicted octanol–water partition coefficient (Wildman–Crippen LogP) is 5.17. The second kappa shape index (κ2) is 7.05. The Kier molecular flexibility index (Phi) is 4.80. The van der Waals surface area contributed by atoms with Gasteiger partial charge >= 0.3 is 12.2 Å². The Labute approximate surface area is 186 Å². The van der Waals surface area contributed by atoms with Gasteiger partial charge in [-0.2, -0.15) is 0 Å². The number of nitrogens with zero attached hydrogens (tertiary/aromatic N) is 3. The number of amides is 2. The molecule has 1 aliphatic heterocycles. The molecule has 3 aromatic rings. The van der Waals surface area contributed by atoms with E-state index in [1.807, 2.05) is 19.1 Å². The Hall–Kier alpha value is -3.42. The number of hydrogen-bond donors (Lipinski definition) is 0. The lowest BCUT2D eigenvalue weighted by Crippen LogP contribution is -2.37. The molecule has 168 valence electrons. The van der Waals surface area contributed by atoms with Gasteiger partial charge in [-0.3, -0.25) is 9.78 Å². The summed E-state index contributed by atoms with van der Waals surface area (Å²) in [6.45, 7) is 12.3. The summed E-state index contributed by atoms with van der Waals surface area (Å²) in [5, 5.41) is 2.20. The third-order valence-electron chi connectivity index (χ3n) is 5.02. The summed E-state index contributed by atoms with van der Waals surface area (Å²) >= 11 is 0. The highest BCUT2D eigenvalue weighted by atomic mass is 16.6. The molecule has 0 atom stereocenters. The van der Waals surface area contributed by atoms with Crippen LogP contribution >= 0.6 is 0 Å². The molecule has 8 heteroatoms. The van der Waals surface area contributed by atoms with Gasteiger partial charge in [0.15, 0.2) is 0 Å². The normalized spacial score (nSPS) is 14.2. The summed E-state index contributed by atoms with van der Waals surface area (Å²) in [6, 6.07) is 5.52. The molecule has 8 nitrogen and oxygen atoms in total. The Morgan fingerprint density at radius 2 is 1.59 bits per heavy atom. The van der Waals surface area contributed by atoms with Gasteiger partial charge in [-0.05, 0) is 54.5 Å². The number of aryl methyl sites for hydroxylation is 1. The van der Waals surface area contributed by atoms with Crippen LogP contribution in [0.3, 0.4) is 0 Å². The van der Waals surface area contributed by atoms with Crippen LogP contribution < -0.4 is 0 Å². The average molecular weight is 437 g/mol. The fourth-order valence-corrected chi connectivity index (χ4v) is 3.87. The summed E-state index contributed by atoms with van der Waals surface area (Å²) in [5.74, 6) is -0.494. The molecule has 0 saturated carbocycles. The van der Waals surface area contributed by atoms with Crippen molar-refractivity contribution in [2.45, 2.75) is 66.2 Å². The maximum atomic E-state index is 13.3. The Bertz CT molecular complexity index is 1290. The zero-order valence-corrected chi connectivity index (χ0v) is 19.4. The molecule has 0 unspecified atom stereocenters. The molecule has 0 saturated heterocycles. The predicted molar refractivity (Wildman–Crippen MR) is 120 cm³/mol. The van der Waals surface area contributed by atoms with Gasteiger partial charge in [0, 0.05) is 28.0 Å². The SMILES string of the molecule is Cc1cc2c(ccc3c4c(n(C(=O)OC(C)(C)C)c32)CN(C(=O)OC(C)(C)C)C4=O)cn1. The van der Waals surface area contributed by atoms with Gasteiger partial charge in [0.05, 0.1) is 23.3 Å². The van der Waals surface area contributed by atoms with Crippen molar-refractivity contribution < 1.29 is 23.9 Å². The number of rotatable bonds is 0. The second-order valence-corrected chi connectivity index (χ2v) is 10.0. The molecule has 0 bridgehead atoms. The molecule has 1 aliphatic rings. The molecule has 4 rings (SSSR count). The summed E-state index contributed by atoms with van der Waals surface area (Å²) in [6.07, 6.45) is 0.379. The maximum Gasteiger partial charge on any atom is 0.419 e. The van der Waals surface area contributed by atoms with Gasteiger partial charge in [0.25, 0.3) is 5.91 Å². The highest BCUT2D eigenvalue weighted by Gasteiger charge is 2.41. The quantitative estimate of drug-likeness (QED) is 0.482.